The zero-order valence-corrected chi connectivity index (χ0v) is 14.6. The molecule has 8 heteroatoms. The maximum atomic E-state index is 12.7. The van der Waals surface area contributed by atoms with E-state index in [1.54, 1.807) is 10.7 Å². The second kappa shape index (κ2) is 7.29. The molecule has 1 saturated heterocycles. The minimum atomic E-state index is -0.0789. The molecule has 3 rings (SSSR count). The van der Waals surface area contributed by atoms with Gasteiger partial charge in [-0.3, -0.25) is 4.79 Å². The van der Waals surface area contributed by atoms with E-state index in [1.165, 1.54) is 0 Å². The number of amides is 1. The van der Waals surface area contributed by atoms with Crippen LogP contribution in [0.3, 0.4) is 0 Å². The molecule has 23 heavy (non-hydrogen) atoms. The molecule has 1 atom stereocenters. The molecule has 0 aliphatic carbocycles. The zero-order chi connectivity index (χ0) is 15.7. The largest absolute Gasteiger partial charge is 0.332 e. The van der Waals surface area contributed by atoms with Crippen molar-refractivity contribution < 1.29 is 4.79 Å². The summed E-state index contributed by atoms with van der Waals surface area (Å²) in [4.78, 5) is 14.5. The van der Waals surface area contributed by atoms with Gasteiger partial charge in [-0.05, 0) is 26.0 Å². The average Bonchev–Trinajstić information content (AvgIpc) is 2.89. The highest BCUT2D eigenvalue weighted by molar-refractivity contribution is 6.32. The molecule has 2 aromatic rings. The highest BCUT2D eigenvalue weighted by Crippen LogP contribution is 2.22. The van der Waals surface area contributed by atoms with Gasteiger partial charge in [0.1, 0.15) is 0 Å². The maximum absolute atomic E-state index is 12.7. The van der Waals surface area contributed by atoms with E-state index in [4.69, 9.17) is 11.6 Å². The molecule has 0 bridgehead atoms. The van der Waals surface area contributed by atoms with Crippen LogP contribution in [-0.4, -0.2) is 51.5 Å². The minimum absolute atomic E-state index is 0. The lowest BCUT2D eigenvalue weighted by atomic mass is 10.2. The fourth-order valence-electron chi connectivity index (χ4n) is 2.66. The summed E-state index contributed by atoms with van der Waals surface area (Å²) in [5.74, 6) is -0.0789. The number of benzene rings is 1. The Morgan fingerprint density at radius 2 is 2.13 bits per heavy atom. The summed E-state index contributed by atoms with van der Waals surface area (Å²) in [5, 5.41) is 12.0. The number of hydrogen-bond acceptors (Lipinski definition) is 4. The van der Waals surface area contributed by atoms with E-state index in [2.05, 4.69) is 15.6 Å². The van der Waals surface area contributed by atoms with Crippen molar-refractivity contribution in [3.05, 3.63) is 40.7 Å². The van der Waals surface area contributed by atoms with Gasteiger partial charge >= 0.3 is 0 Å². The number of carbonyl (C=O) groups excluding carboxylic acids is 1. The number of para-hydroxylation sites is 1. The second-order valence-corrected chi connectivity index (χ2v) is 5.85. The van der Waals surface area contributed by atoms with Crippen molar-refractivity contribution in [2.45, 2.75) is 19.9 Å². The normalized spacial score (nSPS) is 17.7. The third-order valence-electron chi connectivity index (χ3n) is 3.94. The van der Waals surface area contributed by atoms with Gasteiger partial charge in [0.2, 0.25) is 0 Å². The van der Waals surface area contributed by atoms with Crippen LogP contribution < -0.4 is 5.32 Å². The van der Waals surface area contributed by atoms with Gasteiger partial charge in [-0.2, -0.15) is 0 Å². The van der Waals surface area contributed by atoms with Crippen LogP contribution in [0, 0.1) is 6.92 Å². The molecule has 1 aliphatic rings. The van der Waals surface area contributed by atoms with Crippen LogP contribution in [0.15, 0.2) is 24.3 Å². The molecule has 0 spiro atoms. The summed E-state index contributed by atoms with van der Waals surface area (Å²) in [6.07, 6.45) is 0. The van der Waals surface area contributed by atoms with E-state index in [-0.39, 0.29) is 24.4 Å². The molecule has 6 nitrogen and oxygen atoms in total. The third kappa shape index (κ3) is 3.34. The van der Waals surface area contributed by atoms with Crippen LogP contribution in [0.5, 0.6) is 0 Å². The van der Waals surface area contributed by atoms with Crippen LogP contribution in [0.25, 0.3) is 5.69 Å². The Morgan fingerprint density at radius 3 is 2.83 bits per heavy atom. The fraction of sp³-hybridized carbons (Fsp3) is 0.400. The SMILES string of the molecule is Cc1c(C(=O)N2CCNC[C@H]2C)nnn1-c1ccccc1Cl.Cl. The Hall–Kier alpha value is -1.63. The molecule has 0 radical (unpaired) electrons. The number of hydrogen-bond donors (Lipinski definition) is 1. The summed E-state index contributed by atoms with van der Waals surface area (Å²) < 4.78 is 1.61. The first-order valence-corrected chi connectivity index (χ1v) is 7.66. The number of carbonyl (C=O) groups is 1. The van der Waals surface area contributed by atoms with Crippen molar-refractivity contribution in [3.8, 4) is 5.69 Å². The molecular formula is C15H19Cl2N5O. The van der Waals surface area contributed by atoms with Gasteiger partial charge in [0.15, 0.2) is 5.69 Å². The van der Waals surface area contributed by atoms with Crippen LogP contribution in [0.1, 0.15) is 23.1 Å². The first-order chi connectivity index (χ1) is 10.6. The molecule has 2 heterocycles. The zero-order valence-electron chi connectivity index (χ0n) is 13.0. The lowest BCUT2D eigenvalue weighted by molar-refractivity contribution is 0.0649. The van der Waals surface area contributed by atoms with Gasteiger partial charge in [0.25, 0.3) is 5.91 Å². The summed E-state index contributed by atoms with van der Waals surface area (Å²) in [6.45, 7) is 6.14. The Bertz CT molecular complexity index is 703. The van der Waals surface area contributed by atoms with Crippen LogP contribution in [0.2, 0.25) is 5.02 Å². The predicted octanol–water partition coefficient (Wildman–Crippen LogP) is 2.08. The third-order valence-corrected chi connectivity index (χ3v) is 4.26. The molecular weight excluding hydrogens is 337 g/mol. The van der Waals surface area contributed by atoms with Crippen LogP contribution in [-0.2, 0) is 0 Å². The number of aromatic nitrogens is 3. The molecule has 0 unspecified atom stereocenters. The topological polar surface area (TPSA) is 63.1 Å². The molecule has 1 N–H and O–H groups in total. The molecule has 1 aromatic heterocycles. The lowest BCUT2D eigenvalue weighted by Crippen LogP contribution is -2.52. The van der Waals surface area contributed by atoms with Crippen molar-refractivity contribution in [3.63, 3.8) is 0 Å². The molecule has 124 valence electrons. The Balaban J connectivity index is 0.00000192. The van der Waals surface area contributed by atoms with Crippen molar-refractivity contribution in [1.82, 2.24) is 25.2 Å². The van der Waals surface area contributed by atoms with Crippen molar-refractivity contribution in [2.75, 3.05) is 19.6 Å². The summed E-state index contributed by atoms with van der Waals surface area (Å²) in [5.41, 5.74) is 1.80. The molecule has 1 aromatic carbocycles. The number of rotatable bonds is 2. The van der Waals surface area contributed by atoms with Gasteiger partial charge < -0.3 is 10.2 Å². The molecule has 0 saturated carbocycles. The highest BCUT2D eigenvalue weighted by atomic mass is 35.5. The van der Waals surface area contributed by atoms with E-state index >= 15 is 0 Å². The van der Waals surface area contributed by atoms with Crippen molar-refractivity contribution in [2.24, 2.45) is 0 Å². The summed E-state index contributed by atoms with van der Waals surface area (Å²) in [6, 6.07) is 7.52. The highest BCUT2D eigenvalue weighted by Gasteiger charge is 2.28. The smallest absolute Gasteiger partial charge is 0.276 e. The Kier molecular flexibility index (Phi) is 5.62. The molecule has 1 amide bonds. The predicted molar refractivity (Wildman–Crippen MR) is 91.7 cm³/mol. The second-order valence-electron chi connectivity index (χ2n) is 5.44. The van der Waals surface area contributed by atoms with Gasteiger partial charge in [0.05, 0.1) is 16.4 Å². The van der Waals surface area contributed by atoms with Gasteiger partial charge in [0, 0.05) is 25.7 Å². The monoisotopic (exact) mass is 355 g/mol. The van der Waals surface area contributed by atoms with Gasteiger partial charge in [-0.1, -0.05) is 28.9 Å². The van der Waals surface area contributed by atoms with Crippen LogP contribution >= 0.6 is 24.0 Å². The van der Waals surface area contributed by atoms with Gasteiger partial charge in [-0.25, -0.2) is 4.68 Å². The fourth-order valence-corrected chi connectivity index (χ4v) is 2.87. The van der Waals surface area contributed by atoms with Crippen LogP contribution in [0.4, 0.5) is 0 Å². The Morgan fingerprint density at radius 1 is 1.39 bits per heavy atom. The van der Waals surface area contributed by atoms with E-state index in [1.807, 2.05) is 36.9 Å². The average molecular weight is 356 g/mol. The standard InChI is InChI=1S/C15H18ClN5O.ClH/c1-10-9-17-7-8-20(10)15(22)14-11(2)21(19-18-14)13-6-4-3-5-12(13)16;/h3-6,10,17H,7-9H2,1-2H3;1H/t10-;/m1./s1. The Labute approximate surface area is 146 Å². The number of nitrogens with zero attached hydrogens (tertiary/aromatic N) is 4. The summed E-state index contributed by atoms with van der Waals surface area (Å²) >= 11 is 6.20. The molecule has 1 fully saturated rings. The molecule has 1 aliphatic heterocycles. The van der Waals surface area contributed by atoms with E-state index in [0.717, 1.165) is 18.8 Å². The lowest BCUT2D eigenvalue weighted by Gasteiger charge is -2.33. The quantitative estimate of drug-likeness (QED) is 0.895. The van der Waals surface area contributed by atoms with Crippen molar-refractivity contribution >= 4 is 29.9 Å². The minimum Gasteiger partial charge on any atom is -0.332 e. The first kappa shape index (κ1) is 17.7. The summed E-state index contributed by atoms with van der Waals surface area (Å²) in [7, 11) is 0. The number of piperazine rings is 1. The van der Waals surface area contributed by atoms with E-state index < -0.39 is 0 Å². The van der Waals surface area contributed by atoms with E-state index in [9.17, 15) is 4.79 Å². The number of nitrogens with one attached hydrogen (secondary N) is 1. The maximum Gasteiger partial charge on any atom is 0.276 e. The number of halogens is 2. The van der Waals surface area contributed by atoms with Crippen molar-refractivity contribution in [1.29, 1.82) is 0 Å². The first-order valence-electron chi connectivity index (χ1n) is 7.28. The van der Waals surface area contributed by atoms with E-state index in [0.29, 0.717) is 23.0 Å². The van der Waals surface area contributed by atoms with Gasteiger partial charge in [-0.15, -0.1) is 17.5 Å².